The Balaban J connectivity index is 1.99. The Morgan fingerprint density at radius 3 is 3.11 bits per heavy atom. The van der Waals surface area contributed by atoms with Crippen molar-refractivity contribution in [2.75, 3.05) is 7.05 Å². The highest BCUT2D eigenvalue weighted by atomic mass is 32.1. The van der Waals surface area contributed by atoms with Gasteiger partial charge in [-0.25, -0.2) is 0 Å². The third-order valence-corrected chi connectivity index (χ3v) is 3.63. The standard InChI is InChI=1S/C14H15N3OS/c1-10-4-3-5-11(8-10)18-13-12(9-15-2)17-6-7-19-14(17)16-13/h3-8,15H,9H2,1-2H3. The van der Waals surface area contributed by atoms with Crippen LogP contribution in [-0.4, -0.2) is 16.4 Å². The van der Waals surface area contributed by atoms with Crippen molar-refractivity contribution >= 4 is 16.3 Å². The van der Waals surface area contributed by atoms with Crippen LogP contribution in [0.15, 0.2) is 35.8 Å². The molecule has 2 aromatic heterocycles. The summed E-state index contributed by atoms with van der Waals surface area (Å²) in [6, 6.07) is 7.99. The fourth-order valence-corrected chi connectivity index (χ4v) is 2.74. The second-order valence-electron chi connectivity index (χ2n) is 4.37. The van der Waals surface area contributed by atoms with Crippen LogP contribution >= 0.6 is 11.3 Å². The topological polar surface area (TPSA) is 38.6 Å². The predicted octanol–water partition coefficient (Wildman–Crippen LogP) is 3.22. The third kappa shape index (κ3) is 2.34. The van der Waals surface area contributed by atoms with Crippen LogP contribution in [0.4, 0.5) is 0 Å². The quantitative estimate of drug-likeness (QED) is 0.793. The molecule has 3 aromatic rings. The van der Waals surface area contributed by atoms with Gasteiger partial charge in [0.1, 0.15) is 11.4 Å². The molecule has 0 atom stereocenters. The molecule has 0 unspecified atom stereocenters. The summed E-state index contributed by atoms with van der Waals surface area (Å²) in [6.45, 7) is 2.77. The minimum absolute atomic E-state index is 0.673. The predicted molar refractivity (Wildman–Crippen MR) is 77.1 cm³/mol. The summed E-state index contributed by atoms with van der Waals surface area (Å²) in [4.78, 5) is 5.49. The minimum Gasteiger partial charge on any atom is -0.437 e. The average Bonchev–Trinajstić information content (AvgIpc) is 2.93. The molecule has 5 heteroatoms. The molecule has 0 aliphatic carbocycles. The van der Waals surface area contributed by atoms with Crippen molar-refractivity contribution in [1.29, 1.82) is 0 Å². The molecule has 4 nitrogen and oxygen atoms in total. The molecule has 0 aliphatic heterocycles. The van der Waals surface area contributed by atoms with Crippen LogP contribution in [0.5, 0.6) is 11.6 Å². The molecule has 0 fully saturated rings. The molecule has 19 heavy (non-hydrogen) atoms. The van der Waals surface area contributed by atoms with E-state index in [4.69, 9.17) is 4.74 Å². The minimum atomic E-state index is 0.673. The highest BCUT2D eigenvalue weighted by Gasteiger charge is 2.14. The van der Waals surface area contributed by atoms with Crippen molar-refractivity contribution in [3.05, 3.63) is 47.1 Å². The second-order valence-corrected chi connectivity index (χ2v) is 5.24. The Kier molecular flexibility index (Phi) is 3.23. The summed E-state index contributed by atoms with van der Waals surface area (Å²) < 4.78 is 7.98. The van der Waals surface area contributed by atoms with Gasteiger partial charge in [0.2, 0.25) is 5.88 Å². The summed E-state index contributed by atoms with van der Waals surface area (Å²) in [5.74, 6) is 1.50. The number of hydrogen-bond acceptors (Lipinski definition) is 4. The highest BCUT2D eigenvalue weighted by Crippen LogP contribution is 2.28. The number of benzene rings is 1. The van der Waals surface area contributed by atoms with Gasteiger partial charge in [0.05, 0.1) is 0 Å². The lowest BCUT2D eigenvalue weighted by Gasteiger charge is -2.06. The first-order valence-corrected chi connectivity index (χ1v) is 6.99. The SMILES string of the molecule is CNCc1c(Oc2cccc(C)c2)nc2sccn12. The maximum Gasteiger partial charge on any atom is 0.243 e. The zero-order valence-corrected chi connectivity index (χ0v) is 11.7. The van der Waals surface area contributed by atoms with Gasteiger partial charge < -0.3 is 10.1 Å². The monoisotopic (exact) mass is 273 g/mol. The number of fused-ring (bicyclic) bond motifs is 1. The van der Waals surface area contributed by atoms with Gasteiger partial charge in [-0.05, 0) is 31.7 Å². The normalized spacial score (nSPS) is 11.1. The summed E-state index contributed by atoms with van der Waals surface area (Å²) in [7, 11) is 1.92. The van der Waals surface area contributed by atoms with Crippen molar-refractivity contribution in [3.8, 4) is 11.6 Å². The molecule has 1 aromatic carbocycles. The molecule has 0 saturated heterocycles. The van der Waals surface area contributed by atoms with E-state index in [-0.39, 0.29) is 0 Å². The smallest absolute Gasteiger partial charge is 0.243 e. The number of imidazole rings is 1. The summed E-state index contributed by atoms with van der Waals surface area (Å²) in [5.41, 5.74) is 2.22. The number of hydrogen-bond donors (Lipinski definition) is 1. The lowest BCUT2D eigenvalue weighted by atomic mass is 10.2. The number of thiazole rings is 1. The van der Waals surface area contributed by atoms with Gasteiger partial charge in [0.25, 0.3) is 0 Å². The number of aromatic nitrogens is 2. The molecule has 0 saturated carbocycles. The van der Waals surface area contributed by atoms with Gasteiger partial charge in [-0.1, -0.05) is 12.1 Å². The van der Waals surface area contributed by atoms with E-state index in [1.165, 1.54) is 5.56 Å². The van der Waals surface area contributed by atoms with Crippen molar-refractivity contribution in [1.82, 2.24) is 14.7 Å². The van der Waals surface area contributed by atoms with E-state index in [2.05, 4.69) is 14.7 Å². The fraction of sp³-hybridized carbons (Fsp3) is 0.214. The van der Waals surface area contributed by atoms with E-state index in [0.29, 0.717) is 5.88 Å². The van der Waals surface area contributed by atoms with Gasteiger partial charge in [-0.3, -0.25) is 4.40 Å². The Morgan fingerprint density at radius 2 is 2.32 bits per heavy atom. The molecule has 98 valence electrons. The largest absolute Gasteiger partial charge is 0.437 e. The molecule has 0 aliphatic rings. The molecule has 0 spiro atoms. The molecule has 3 rings (SSSR count). The highest BCUT2D eigenvalue weighted by molar-refractivity contribution is 7.15. The molecule has 1 N–H and O–H groups in total. The Morgan fingerprint density at radius 1 is 1.42 bits per heavy atom. The molecule has 0 amide bonds. The zero-order chi connectivity index (χ0) is 13.2. The molecule has 0 bridgehead atoms. The van der Waals surface area contributed by atoms with Crippen molar-refractivity contribution in [3.63, 3.8) is 0 Å². The van der Waals surface area contributed by atoms with E-state index in [0.717, 1.165) is 22.9 Å². The van der Waals surface area contributed by atoms with Crippen molar-refractivity contribution < 1.29 is 4.74 Å². The van der Waals surface area contributed by atoms with Crippen LogP contribution in [0.1, 0.15) is 11.3 Å². The summed E-state index contributed by atoms with van der Waals surface area (Å²) in [6.07, 6.45) is 2.02. The van der Waals surface area contributed by atoms with E-state index in [1.807, 2.05) is 49.8 Å². The third-order valence-electron chi connectivity index (χ3n) is 2.87. The van der Waals surface area contributed by atoms with E-state index < -0.39 is 0 Å². The van der Waals surface area contributed by atoms with Crippen LogP contribution in [0.2, 0.25) is 0 Å². The second kappa shape index (κ2) is 5.03. The molecule has 0 radical (unpaired) electrons. The summed E-state index contributed by atoms with van der Waals surface area (Å²) in [5, 5.41) is 5.18. The zero-order valence-electron chi connectivity index (χ0n) is 10.9. The van der Waals surface area contributed by atoms with Crippen molar-refractivity contribution in [2.24, 2.45) is 0 Å². The Bertz CT molecular complexity index is 702. The first kappa shape index (κ1) is 12.2. The number of nitrogens with zero attached hydrogens (tertiary/aromatic N) is 2. The maximum absolute atomic E-state index is 5.92. The fourth-order valence-electron chi connectivity index (χ4n) is 2.01. The lowest BCUT2D eigenvalue weighted by Crippen LogP contribution is -2.08. The maximum atomic E-state index is 5.92. The van der Waals surface area contributed by atoms with E-state index >= 15 is 0 Å². The van der Waals surface area contributed by atoms with Crippen molar-refractivity contribution in [2.45, 2.75) is 13.5 Å². The number of rotatable bonds is 4. The molecular formula is C14H15N3OS. The Hall–Kier alpha value is -1.85. The van der Waals surface area contributed by atoms with Gasteiger partial charge >= 0.3 is 0 Å². The number of aryl methyl sites for hydroxylation is 1. The first-order chi connectivity index (χ1) is 9.28. The lowest BCUT2D eigenvalue weighted by molar-refractivity contribution is 0.457. The van der Waals surface area contributed by atoms with Crippen LogP contribution in [0.3, 0.4) is 0 Å². The Labute approximate surface area is 115 Å². The first-order valence-electron chi connectivity index (χ1n) is 6.11. The van der Waals surface area contributed by atoms with Crippen LogP contribution in [0, 0.1) is 6.92 Å². The van der Waals surface area contributed by atoms with Gasteiger partial charge in [0.15, 0.2) is 4.96 Å². The van der Waals surface area contributed by atoms with Crippen LogP contribution < -0.4 is 10.1 Å². The molecule has 2 heterocycles. The van der Waals surface area contributed by atoms with Crippen LogP contribution in [0.25, 0.3) is 4.96 Å². The van der Waals surface area contributed by atoms with Gasteiger partial charge in [-0.15, -0.1) is 11.3 Å². The van der Waals surface area contributed by atoms with Crippen LogP contribution in [-0.2, 0) is 6.54 Å². The average molecular weight is 273 g/mol. The summed E-state index contributed by atoms with van der Waals surface area (Å²) >= 11 is 1.61. The molecular weight excluding hydrogens is 258 g/mol. The van der Waals surface area contributed by atoms with E-state index in [9.17, 15) is 0 Å². The number of ether oxygens (including phenoxy) is 1. The van der Waals surface area contributed by atoms with Gasteiger partial charge in [0, 0.05) is 18.1 Å². The van der Waals surface area contributed by atoms with Gasteiger partial charge in [-0.2, -0.15) is 4.98 Å². The van der Waals surface area contributed by atoms with E-state index in [1.54, 1.807) is 11.3 Å². The number of nitrogens with one attached hydrogen (secondary N) is 1.